The second-order valence-corrected chi connectivity index (χ2v) is 5.55. The number of aryl methyl sites for hydroxylation is 2. The smallest absolute Gasteiger partial charge is 0.393 e. The molecule has 0 saturated carbocycles. The number of methoxy groups -OCH3 is 1. The Hall–Kier alpha value is -1.77. The number of carbonyl (C=O) groups excluding carboxylic acids is 1. The molecule has 1 saturated heterocycles. The number of primary amides is 1. The molecule has 9 heteroatoms. The summed E-state index contributed by atoms with van der Waals surface area (Å²) in [6, 6.07) is 0. The first-order chi connectivity index (χ1) is 10.1. The van der Waals surface area contributed by atoms with Crippen molar-refractivity contribution in [2.45, 2.75) is 19.6 Å². The number of carbonyl (C=O) groups is 1. The third-order valence-electron chi connectivity index (χ3n) is 4.05. The number of halogens is 3. The summed E-state index contributed by atoms with van der Waals surface area (Å²) in [7, 11) is 3.18. The van der Waals surface area contributed by atoms with Crippen molar-refractivity contribution >= 4 is 5.91 Å². The van der Waals surface area contributed by atoms with Crippen LogP contribution < -0.4 is 10.5 Å². The molecular formula is C13H19F3N4O2. The van der Waals surface area contributed by atoms with Crippen LogP contribution in [0.4, 0.5) is 13.2 Å². The van der Waals surface area contributed by atoms with Gasteiger partial charge in [0.15, 0.2) is 0 Å². The summed E-state index contributed by atoms with van der Waals surface area (Å²) in [5.74, 6) is -3.36. The number of ether oxygens (including phenoxy) is 1. The van der Waals surface area contributed by atoms with Gasteiger partial charge >= 0.3 is 6.18 Å². The molecule has 2 rings (SSSR count). The average Bonchev–Trinajstić information content (AvgIpc) is 2.92. The zero-order valence-electron chi connectivity index (χ0n) is 12.6. The van der Waals surface area contributed by atoms with Gasteiger partial charge in [-0.1, -0.05) is 0 Å². The van der Waals surface area contributed by atoms with E-state index in [9.17, 15) is 18.0 Å². The van der Waals surface area contributed by atoms with Crippen molar-refractivity contribution in [3.8, 4) is 5.88 Å². The zero-order valence-corrected chi connectivity index (χ0v) is 12.6. The van der Waals surface area contributed by atoms with E-state index in [0.29, 0.717) is 11.6 Å². The van der Waals surface area contributed by atoms with Crippen molar-refractivity contribution < 1.29 is 22.7 Å². The van der Waals surface area contributed by atoms with Gasteiger partial charge in [0.25, 0.3) is 0 Å². The first-order valence-electron chi connectivity index (χ1n) is 6.80. The minimum Gasteiger partial charge on any atom is -0.481 e. The number of aromatic nitrogens is 2. The molecule has 2 N–H and O–H groups in total. The lowest BCUT2D eigenvalue weighted by Crippen LogP contribution is -2.37. The Labute approximate surface area is 126 Å². The number of hydrogen-bond acceptors (Lipinski definition) is 4. The fourth-order valence-electron chi connectivity index (χ4n) is 2.98. The van der Waals surface area contributed by atoms with Gasteiger partial charge in [-0.15, -0.1) is 0 Å². The Balaban J connectivity index is 2.20. The molecule has 0 aromatic carbocycles. The van der Waals surface area contributed by atoms with Gasteiger partial charge in [-0.3, -0.25) is 9.69 Å². The standard InChI is InChI=1S/C13H19F3N4O2/c1-7-8(12(22-3)19(2)18-7)4-20-5-9(11(17)21)10(6-20)13(14,15)16/h9-10H,4-6H2,1-3H3,(H2,17,21)/t9-,10-/m1/s1. The van der Waals surface area contributed by atoms with Crippen molar-refractivity contribution in [3.05, 3.63) is 11.3 Å². The van der Waals surface area contributed by atoms with Crippen LogP contribution >= 0.6 is 0 Å². The maximum Gasteiger partial charge on any atom is 0.393 e. The summed E-state index contributed by atoms with van der Waals surface area (Å²) in [6.45, 7) is 1.73. The minimum atomic E-state index is -4.44. The summed E-state index contributed by atoms with van der Waals surface area (Å²) in [6.07, 6.45) is -4.44. The lowest BCUT2D eigenvalue weighted by molar-refractivity contribution is -0.182. The molecule has 0 radical (unpaired) electrons. The highest BCUT2D eigenvalue weighted by Crippen LogP contribution is 2.38. The van der Waals surface area contributed by atoms with E-state index in [2.05, 4.69) is 5.10 Å². The van der Waals surface area contributed by atoms with E-state index >= 15 is 0 Å². The summed E-state index contributed by atoms with van der Waals surface area (Å²) < 4.78 is 45.9. The van der Waals surface area contributed by atoms with Crippen LogP contribution in [-0.2, 0) is 18.4 Å². The molecule has 124 valence electrons. The van der Waals surface area contributed by atoms with Crippen molar-refractivity contribution in [1.29, 1.82) is 0 Å². The van der Waals surface area contributed by atoms with Crippen LogP contribution in [0.2, 0.25) is 0 Å². The lowest BCUT2D eigenvalue weighted by Gasteiger charge is -2.19. The highest BCUT2D eigenvalue weighted by molar-refractivity contribution is 5.77. The van der Waals surface area contributed by atoms with Crippen LogP contribution in [0, 0.1) is 18.8 Å². The second kappa shape index (κ2) is 5.79. The predicted octanol–water partition coefficient (Wildman–Crippen LogP) is 0.833. The highest BCUT2D eigenvalue weighted by Gasteiger charge is 2.51. The molecule has 1 aromatic rings. The molecular weight excluding hydrogens is 301 g/mol. The number of nitrogens with two attached hydrogens (primary N) is 1. The Morgan fingerprint density at radius 1 is 1.45 bits per heavy atom. The molecule has 0 spiro atoms. The highest BCUT2D eigenvalue weighted by atomic mass is 19.4. The lowest BCUT2D eigenvalue weighted by atomic mass is 9.95. The van der Waals surface area contributed by atoms with E-state index in [4.69, 9.17) is 10.5 Å². The first-order valence-corrected chi connectivity index (χ1v) is 6.80. The van der Waals surface area contributed by atoms with Crippen LogP contribution in [0.15, 0.2) is 0 Å². The van der Waals surface area contributed by atoms with Crippen LogP contribution in [0.5, 0.6) is 5.88 Å². The normalized spacial score (nSPS) is 23.0. The van der Waals surface area contributed by atoms with Crippen LogP contribution in [-0.4, -0.2) is 47.0 Å². The zero-order chi connectivity index (χ0) is 16.7. The molecule has 1 aromatic heterocycles. The molecule has 1 amide bonds. The third-order valence-corrected chi connectivity index (χ3v) is 4.05. The number of nitrogens with zero attached hydrogens (tertiary/aromatic N) is 3. The topological polar surface area (TPSA) is 73.4 Å². The Morgan fingerprint density at radius 2 is 2.09 bits per heavy atom. The van der Waals surface area contributed by atoms with Gasteiger partial charge in [0.05, 0.1) is 30.2 Å². The van der Waals surface area contributed by atoms with Crippen molar-refractivity contribution in [1.82, 2.24) is 14.7 Å². The van der Waals surface area contributed by atoms with Gasteiger partial charge in [0.2, 0.25) is 11.8 Å². The number of alkyl halides is 3. The van der Waals surface area contributed by atoms with E-state index in [1.165, 1.54) is 11.8 Å². The molecule has 0 aliphatic carbocycles. The number of rotatable bonds is 4. The molecule has 6 nitrogen and oxygen atoms in total. The van der Waals surface area contributed by atoms with E-state index in [1.54, 1.807) is 18.9 Å². The Morgan fingerprint density at radius 3 is 2.55 bits per heavy atom. The molecule has 1 aliphatic heterocycles. The maximum absolute atomic E-state index is 13.0. The van der Waals surface area contributed by atoms with Gasteiger partial charge < -0.3 is 10.5 Å². The van der Waals surface area contributed by atoms with Gasteiger partial charge in [0, 0.05) is 26.7 Å². The summed E-state index contributed by atoms with van der Waals surface area (Å²) in [5, 5.41) is 4.20. The molecule has 1 fully saturated rings. The average molecular weight is 320 g/mol. The van der Waals surface area contributed by atoms with E-state index in [1.807, 2.05) is 0 Å². The predicted molar refractivity (Wildman–Crippen MR) is 72.0 cm³/mol. The maximum atomic E-state index is 13.0. The third kappa shape index (κ3) is 3.03. The monoisotopic (exact) mass is 320 g/mol. The van der Waals surface area contributed by atoms with E-state index in [-0.39, 0.29) is 19.6 Å². The van der Waals surface area contributed by atoms with Crippen molar-refractivity contribution in [3.63, 3.8) is 0 Å². The summed E-state index contributed by atoms with van der Waals surface area (Å²) >= 11 is 0. The van der Waals surface area contributed by atoms with Gasteiger partial charge in [-0.2, -0.15) is 18.3 Å². The van der Waals surface area contributed by atoms with Gasteiger partial charge in [-0.05, 0) is 6.92 Å². The van der Waals surface area contributed by atoms with E-state index in [0.717, 1.165) is 5.56 Å². The molecule has 2 atom stereocenters. The summed E-state index contributed by atoms with van der Waals surface area (Å²) in [5.41, 5.74) is 6.53. The number of likely N-dealkylation sites (tertiary alicyclic amines) is 1. The molecule has 0 unspecified atom stereocenters. The van der Waals surface area contributed by atoms with Gasteiger partial charge in [0.1, 0.15) is 0 Å². The fraction of sp³-hybridized carbons (Fsp3) is 0.692. The summed E-state index contributed by atoms with van der Waals surface area (Å²) in [4.78, 5) is 12.9. The quantitative estimate of drug-likeness (QED) is 0.892. The van der Waals surface area contributed by atoms with Crippen LogP contribution in [0.1, 0.15) is 11.3 Å². The Bertz CT molecular complexity index is 570. The number of amides is 1. The second-order valence-electron chi connectivity index (χ2n) is 5.55. The van der Waals surface area contributed by atoms with Crippen LogP contribution in [0.25, 0.3) is 0 Å². The van der Waals surface area contributed by atoms with Crippen LogP contribution in [0.3, 0.4) is 0 Å². The van der Waals surface area contributed by atoms with Crippen molar-refractivity contribution in [2.24, 2.45) is 24.6 Å². The SMILES string of the molecule is COc1c(CN2C[C@@H](C(F)(F)F)[C@H](C(N)=O)C2)c(C)nn1C. The molecule has 0 bridgehead atoms. The fourth-order valence-corrected chi connectivity index (χ4v) is 2.98. The molecule has 22 heavy (non-hydrogen) atoms. The molecule has 2 heterocycles. The minimum absolute atomic E-state index is 0.0169. The Kier molecular flexibility index (Phi) is 4.37. The molecule has 1 aliphatic rings. The first kappa shape index (κ1) is 16.6. The van der Waals surface area contributed by atoms with E-state index < -0.39 is 23.9 Å². The van der Waals surface area contributed by atoms with Gasteiger partial charge in [-0.25, -0.2) is 4.68 Å². The number of hydrogen-bond donors (Lipinski definition) is 1. The van der Waals surface area contributed by atoms with Crippen molar-refractivity contribution in [2.75, 3.05) is 20.2 Å². The largest absolute Gasteiger partial charge is 0.481 e.